The molecule has 0 bridgehead atoms. The lowest BCUT2D eigenvalue weighted by atomic mass is 9.85. The van der Waals surface area contributed by atoms with Gasteiger partial charge in [-0.05, 0) is 19.3 Å². The van der Waals surface area contributed by atoms with Crippen LogP contribution in [0, 0.1) is 5.92 Å². The van der Waals surface area contributed by atoms with Gasteiger partial charge in [-0.25, -0.2) is 16.8 Å². The third-order valence-electron chi connectivity index (χ3n) is 4.15. The van der Waals surface area contributed by atoms with E-state index in [1.165, 1.54) is 4.31 Å². The van der Waals surface area contributed by atoms with Gasteiger partial charge in [-0.1, -0.05) is 6.42 Å². The lowest BCUT2D eigenvalue weighted by Gasteiger charge is -2.27. The second kappa shape index (κ2) is 6.21. The molecule has 7 nitrogen and oxygen atoms in total. The molecule has 21 heavy (non-hydrogen) atoms. The van der Waals surface area contributed by atoms with Crippen LogP contribution in [0.15, 0.2) is 0 Å². The summed E-state index contributed by atoms with van der Waals surface area (Å²) in [6.45, 7) is 0.344. The molecule has 1 saturated heterocycles. The molecule has 1 atom stereocenters. The molecule has 0 spiro atoms. The van der Waals surface area contributed by atoms with Crippen molar-refractivity contribution in [3.05, 3.63) is 0 Å². The van der Waals surface area contributed by atoms with E-state index in [9.17, 15) is 21.6 Å². The lowest BCUT2D eigenvalue weighted by Crippen LogP contribution is -2.46. The van der Waals surface area contributed by atoms with Crippen molar-refractivity contribution >= 4 is 25.8 Å². The first-order chi connectivity index (χ1) is 9.69. The van der Waals surface area contributed by atoms with Crippen LogP contribution in [0.5, 0.6) is 0 Å². The van der Waals surface area contributed by atoms with Gasteiger partial charge in [-0.2, -0.15) is 4.31 Å². The van der Waals surface area contributed by atoms with Gasteiger partial charge in [0.25, 0.3) is 0 Å². The van der Waals surface area contributed by atoms with Crippen LogP contribution in [-0.4, -0.2) is 63.9 Å². The van der Waals surface area contributed by atoms with Gasteiger partial charge in [0.1, 0.15) is 0 Å². The average Bonchev–Trinajstić information content (AvgIpc) is 2.60. The molecule has 1 unspecified atom stereocenters. The normalized spacial score (nSPS) is 25.7. The maximum Gasteiger partial charge on any atom is 0.223 e. The van der Waals surface area contributed by atoms with Crippen molar-refractivity contribution in [2.45, 2.75) is 31.7 Å². The van der Waals surface area contributed by atoms with Crippen LogP contribution in [0.1, 0.15) is 25.7 Å². The van der Waals surface area contributed by atoms with Crippen molar-refractivity contribution in [2.75, 3.05) is 30.9 Å². The molecule has 9 heteroatoms. The fourth-order valence-electron chi connectivity index (χ4n) is 2.73. The van der Waals surface area contributed by atoms with Crippen molar-refractivity contribution in [3.63, 3.8) is 0 Å². The average molecular weight is 338 g/mol. The third-order valence-corrected chi connectivity index (χ3v) is 7.23. The van der Waals surface area contributed by atoms with Gasteiger partial charge >= 0.3 is 0 Å². The van der Waals surface area contributed by atoms with Crippen molar-refractivity contribution in [3.8, 4) is 0 Å². The standard InChI is InChI=1S/C12H22N2O5S2/c1-20(16,17)14(11-5-8-21(18,19)9-11)7-6-13-12(15)10-3-2-4-10/h10-11H,2-9H2,1H3,(H,13,15). The first-order valence-corrected chi connectivity index (χ1v) is 10.8. The largest absolute Gasteiger partial charge is 0.355 e. The summed E-state index contributed by atoms with van der Waals surface area (Å²) < 4.78 is 47.9. The van der Waals surface area contributed by atoms with Gasteiger partial charge in [0.2, 0.25) is 15.9 Å². The Balaban J connectivity index is 1.90. The smallest absolute Gasteiger partial charge is 0.223 e. The number of rotatable bonds is 6. The second-order valence-electron chi connectivity index (χ2n) is 5.85. The SMILES string of the molecule is CS(=O)(=O)N(CCNC(=O)C1CCC1)C1CCS(=O)(=O)C1. The summed E-state index contributed by atoms with van der Waals surface area (Å²) >= 11 is 0. The van der Waals surface area contributed by atoms with Gasteiger partial charge in [-0.15, -0.1) is 0 Å². The van der Waals surface area contributed by atoms with Crippen molar-refractivity contribution in [2.24, 2.45) is 5.92 Å². The predicted molar refractivity (Wildman–Crippen MR) is 79.0 cm³/mol. The van der Waals surface area contributed by atoms with E-state index >= 15 is 0 Å². The lowest BCUT2D eigenvalue weighted by molar-refractivity contribution is -0.127. The van der Waals surface area contributed by atoms with Crippen LogP contribution in [-0.2, 0) is 24.7 Å². The quantitative estimate of drug-likeness (QED) is 0.694. The van der Waals surface area contributed by atoms with E-state index in [4.69, 9.17) is 0 Å². The molecule has 0 radical (unpaired) electrons. The number of hydrogen-bond acceptors (Lipinski definition) is 5. The molecule has 1 N–H and O–H groups in total. The molecule has 1 aliphatic heterocycles. The molecule has 2 rings (SSSR count). The van der Waals surface area contributed by atoms with Gasteiger partial charge in [-0.3, -0.25) is 4.79 Å². The molecular weight excluding hydrogens is 316 g/mol. The first-order valence-electron chi connectivity index (χ1n) is 7.14. The van der Waals surface area contributed by atoms with Gasteiger partial charge < -0.3 is 5.32 Å². The second-order valence-corrected chi connectivity index (χ2v) is 10.0. The molecule has 0 aromatic carbocycles. The van der Waals surface area contributed by atoms with Crippen LogP contribution in [0.3, 0.4) is 0 Å². The maximum atomic E-state index is 11.8. The summed E-state index contributed by atoms with van der Waals surface area (Å²) in [7, 11) is -6.63. The molecule has 122 valence electrons. The third kappa shape index (κ3) is 4.40. The zero-order valence-electron chi connectivity index (χ0n) is 12.1. The molecule has 0 aromatic rings. The number of sulfonamides is 1. The highest BCUT2D eigenvalue weighted by molar-refractivity contribution is 7.92. The maximum absolute atomic E-state index is 11.8. The number of nitrogens with zero attached hydrogens (tertiary/aromatic N) is 1. The summed E-state index contributed by atoms with van der Waals surface area (Å²) in [5, 5.41) is 2.74. The minimum absolute atomic E-state index is 0.0259. The van der Waals surface area contributed by atoms with Crippen LogP contribution < -0.4 is 5.32 Å². The fourth-order valence-corrected chi connectivity index (χ4v) is 5.70. The Hall–Kier alpha value is -0.670. The summed E-state index contributed by atoms with van der Waals surface area (Å²) in [6.07, 6.45) is 4.25. The molecule has 1 aliphatic carbocycles. The van der Waals surface area contributed by atoms with Crippen LogP contribution >= 0.6 is 0 Å². The van der Waals surface area contributed by atoms with E-state index in [0.29, 0.717) is 6.42 Å². The molecule has 1 saturated carbocycles. The number of hydrogen-bond donors (Lipinski definition) is 1. The van der Waals surface area contributed by atoms with Crippen LogP contribution in [0.4, 0.5) is 0 Å². The molecule has 1 heterocycles. The Labute approximate surface area is 126 Å². The van der Waals surface area contributed by atoms with Gasteiger partial charge in [0.15, 0.2) is 9.84 Å². The van der Waals surface area contributed by atoms with E-state index in [-0.39, 0.29) is 36.4 Å². The van der Waals surface area contributed by atoms with Crippen LogP contribution in [0.25, 0.3) is 0 Å². The summed E-state index contributed by atoms with van der Waals surface area (Å²) in [5.41, 5.74) is 0. The number of sulfone groups is 1. The summed E-state index contributed by atoms with van der Waals surface area (Å²) in [6, 6.07) is -0.509. The van der Waals surface area contributed by atoms with Gasteiger partial charge in [0.05, 0.1) is 17.8 Å². The predicted octanol–water partition coefficient (Wildman–Crippen LogP) is -0.649. The highest BCUT2D eigenvalue weighted by Gasteiger charge is 2.36. The zero-order valence-corrected chi connectivity index (χ0v) is 13.7. The monoisotopic (exact) mass is 338 g/mol. The van der Waals surface area contributed by atoms with E-state index in [0.717, 1.165) is 25.5 Å². The number of carbonyl (C=O) groups is 1. The zero-order chi connectivity index (χ0) is 15.7. The van der Waals surface area contributed by atoms with Crippen molar-refractivity contribution in [1.82, 2.24) is 9.62 Å². The van der Waals surface area contributed by atoms with E-state index in [2.05, 4.69) is 5.32 Å². The topological polar surface area (TPSA) is 101 Å². The number of amides is 1. The highest BCUT2D eigenvalue weighted by Crippen LogP contribution is 2.26. The molecular formula is C12H22N2O5S2. The van der Waals surface area contributed by atoms with E-state index in [1.54, 1.807) is 0 Å². The van der Waals surface area contributed by atoms with E-state index < -0.39 is 25.9 Å². The summed E-state index contributed by atoms with van der Waals surface area (Å²) in [5.74, 6) is -0.0772. The Kier molecular flexibility index (Phi) is 4.94. The van der Waals surface area contributed by atoms with Gasteiger partial charge in [0, 0.05) is 25.0 Å². The molecule has 2 aliphatic rings. The number of nitrogens with one attached hydrogen (secondary N) is 1. The molecule has 1 amide bonds. The first kappa shape index (κ1) is 16.7. The summed E-state index contributed by atoms with van der Waals surface area (Å²) in [4.78, 5) is 11.7. The molecule has 2 fully saturated rings. The Morgan fingerprint density at radius 2 is 1.95 bits per heavy atom. The minimum Gasteiger partial charge on any atom is -0.355 e. The Morgan fingerprint density at radius 3 is 2.38 bits per heavy atom. The Bertz CT molecular complexity index is 595. The fraction of sp³-hybridized carbons (Fsp3) is 0.917. The Morgan fingerprint density at radius 1 is 1.29 bits per heavy atom. The molecule has 0 aromatic heterocycles. The van der Waals surface area contributed by atoms with Crippen molar-refractivity contribution < 1.29 is 21.6 Å². The highest BCUT2D eigenvalue weighted by atomic mass is 32.2. The number of carbonyl (C=O) groups excluding carboxylic acids is 1. The minimum atomic E-state index is -3.49. The van der Waals surface area contributed by atoms with E-state index in [1.807, 2.05) is 0 Å². The van der Waals surface area contributed by atoms with Crippen LogP contribution in [0.2, 0.25) is 0 Å². The van der Waals surface area contributed by atoms with Crippen molar-refractivity contribution in [1.29, 1.82) is 0 Å².